The van der Waals surface area contributed by atoms with E-state index in [9.17, 15) is 8.42 Å². The summed E-state index contributed by atoms with van der Waals surface area (Å²) in [5.74, 6) is 0.933. The highest BCUT2D eigenvalue weighted by Gasteiger charge is 2.21. The Morgan fingerprint density at radius 3 is 2.40 bits per heavy atom. The van der Waals surface area contributed by atoms with Crippen LogP contribution >= 0.6 is 23.2 Å². The monoisotopic (exact) mass is 403 g/mol. The Bertz CT molecular complexity index is 856. The molecule has 8 heteroatoms. The first-order valence-corrected chi connectivity index (χ1v) is 9.82. The van der Waals surface area contributed by atoms with Crippen molar-refractivity contribution < 1.29 is 17.9 Å². The number of benzene rings is 2. The van der Waals surface area contributed by atoms with Crippen LogP contribution in [0.5, 0.6) is 11.5 Å². The van der Waals surface area contributed by atoms with Crippen molar-refractivity contribution in [3.63, 3.8) is 0 Å². The lowest BCUT2D eigenvalue weighted by molar-refractivity contribution is 0.395. The van der Waals surface area contributed by atoms with Gasteiger partial charge in [-0.3, -0.25) is 0 Å². The lowest BCUT2D eigenvalue weighted by Crippen LogP contribution is -2.28. The third-order valence-corrected chi connectivity index (χ3v) is 5.61. The standard InChI is InChI=1S/C17H19Cl2NO4S/c1-11(15-9-14(23-2)6-7-17(15)24-3)20-25(21,22)10-12-4-5-13(18)8-16(12)19/h4-9,11,20H,10H2,1-3H3/t11-/m1/s1. The largest absolute Gasteiger partial charge is 0.497 e. The molecule has 2 aromatic carbocycles. The molecule has 0 saturated heterocycles. The number of sulfonamides is 1. The summed E-state index contributed by atoms with van der Waals surface area (Å²) in [4.78, 5) is 0. The van der Waals surface area contributed by atoms with Crippen LogP contribution in [0.15, 0.2) is 36.4 Å². The fourth-order valence-corrected chi connectivity index (χ4v) is 4.36. The van der Waals surface area contributed by atoms with Crippen LogP contribution in [0.4, 0.5) is 0 Å². The molecule has 0 heterocycles. The third kappa shape index (κ3) is 5.25. The molecule has 5 nitrogen and oxygen atoms in total. The fourth-order valence-electron chi connectivity index (χ4n) is 2.40. The molecule has 0 aromatic heterocycles. The predicted molar refractivity (Wildman–Crippen MR) is 100 cm³/mol. The SMILES string of the molecule is COc1ccc(OC)c([C@@H](C)NS(=O)(=O)Cc2ccc(Cl)cc2Cl)c1. The van der Waals surface area contributed by atoms with Gasteiger partial charge in [0.15, 0.2) is 0 Å². The number of halogens is 2. The number of nitrogens with one attached hydrogen (secondary N) is 1. The normalized spacial score (nSPS) is 12.7. The zero-order valence-electron chi connectivity index (χ0n) is 14.0. The second-order valence-corrected chi connectivity index (χ2v) is 8.04. The lowest BCUT2D eigenvalue weighted by atomic mass is 10.1. The summed E-state index contributed by atoms with van der Waals surface area (Å²) in [7, 11) is -0.563. The molecule has 1 atom stereocenters. The Morgan fingerprint density at radius 2 is 1.80 bits per heavy atom. The molecule has 0 saturated carbocycles. The van der Waals surface area contributed by atoms with Crippen molar-refractivity contribution in [3.8, 4) is 11.5 Å². The van der Waals surface area contributed by atoms with Crippen molar-refractivity contribution in [2.45, 2.75) is 18.7 Å². The summed E-state index contributed by atoms with van der Waals surface area (Å²) in [5, 5.41) is 0.762. The Labute approximate surface area is 157 Å². The van der Waals surface area contributed by atoms with Crippen LogP contribution in [0.2, 0.25) is 10.0 Å². The van der Waals surface area contributed by atoms with E-state index in [-0.39, 0.29) is 5.75 Å². The van der Waals surface area contributed by atoms with Gasteiger partial charge >= 0.3 is 0 Å². The first-order valence-electron chi connectivity index (χ1n) is 7.41. The quantitative estimate of drug-likeness (QED) is 0.752. The number of rotatable bonds is 7. The highest BCUT2D eigenvalue weighted by Crippen LogP contribution is 2.30. The summed E-state index contributed by atoms with van der Waals surface area (Å²) >= 11 is 11.9. The van der Waals surface area contributed by atoms with Crippen molar-refractivity contribution in [2.24, 2.45) is 0 Å². The van der Waals surface area contributed by atoms with Crippen LogP contribution in [-0.2, 0) is 15.8 Å². The van der Waals surface area contributed by atoms with Crippen molar-refractivity contribution in [2.75, 3.05) is 14.2 Å². The van der Waals surface area contributed by atoms with Gasteiger partial charge in [0.1, 0.15) is 11.5 Å². The van der Waals surface area contributed by atoms with Gasteiger partial charge in [0, 0.05) is 21.7 Å². The van der Waals surface area contributed by atoms with E-state index in [0.717, 1.165) is 0 Å². The van der Waals surface area contributed by atoms with Crippen LogP contribution < -0.4 is 14.2 Å². The first kappa shape index (κ1) is 19.8. The highest BCUT2D eigenvalue weighted by atomic mass is 35.5. The summed E-state index contributed by atoms with van der Waals surface area (Å²) < 4.78 is 38.1. The second-order valence-electron chi connectivity index (χ2n) is 5.44. The highest BCUT2D eigenvalue weighted by molar-refractivity contribution is 7.88. The second kappa shape index (κ2) is 8.27. The molecule has 2 rings (SSSR count). The van der Waals surface area contributed by atoms with E-state index < -0.39 is 16.1 Å². The molecule has 0 unspecified atom stereocenters. The van der Waals surface area contributed by atoms with Gasteiger partial charge in [0.2, 0.25) is 10.0 Å². The minimum absolute atomic E-state index is 0.250. The number of hydrogen-bond donors (Lipinski definition) is 1. The average molecular weight is 404 g/mol. The Balaban J connectivity index is 2.22. The smallest absolute Gasteiger partial charge is 0.216 e. The fraction of sp³-hybridized carbons (Fsp3) is 0.294. The molecule has 0 amide bonds. The van der Waals surface area contributed by atoms with Crippen molar-refractivity contribution in [1.29, 1.82) is 0 Å². The van der Waals surface area contributed by atoms with Gasteiger partial charge in [-0.2, -0.15) is 0 Å². The molecule has 0 aliphatic rings. The summed E-state index contributed by atoms with van der Waals surface area (Å²) in [6, 6.07) is 9.42. The Morgan fingerprint density at radius 1 is 1.08 bits per heavy atom. The lowest BCUT2D eigenvalue weighted by Gasteiger charge is -2.18. The zero-order chi connectivity index (χ0) is 18.6. The molecule has 136 valence electrons. The molecular formula is C17H19Cl2NO4S. The van der Waals surface area contributed by atoms with Crippen LogP contribution in [0.25, 0.3) is 0 Å². The first-order chi connectivity index (χ1) is 11.8. The predicted octanol–water partition coefficient (Wildman–Crippen LogP) is 4.19. The van der Waals surface area contributed by atoms with Crippen LogP contribution in [0.3, 0.4) is 0 Å². The van der Waals surface area contributed by atoms with E-state index in [0.29, 0.717) is 32.7 Å². The molecule has 0 fully saturated rings. The molecule has 0 bridgehead atoms. The number of ether oxygens (including phenoxy) is 2. The average Bonchev–Trinajstić information content (AvgIpc) is 2.56. The molecule has 0 spiro atoms. The van der Waals surface area contributed by atoms with Crippen LogP contribution in [0, 0.1) is 0 Å². The number of hydrogen-bond acceptors (Lipinski definition) is 4. The van der Waals surface area contributed by atoms with Crippen molar-refractivity contribution in [3.05, 3.63) is 57.6 Å². The number of methoxy groups -OCH3 is 2. The van der Waals surface area contributed by atoms with Crippen LogP contribution in [0.1, 0.15) is 24.1 Å². The van der Waals surface area contributed by atoms with Gasteiger partial charge < -0.3 is 9.47 Å². The molecule has 0 aliphatic heterocycles. The maximum atomic E-state index is 12.5. The van der Waals surface area contributed by atoms with E-state index in [4.69, 9.17) is 32.7 Å². The third-order valence-electron chi connectivity index (χ3n) is 3.62. The van der Waals surface area contributed by atoms with Gasteiger partial charge in [0.25, 0.3) is 0 Å². The molecule has 25 heavy (non-hydrogen) atoms. The van der Waals surface area contributed by atoms with E-state index >= 15 is 0 Å². The summed E-state index contributed by atoms with van der Waals surface area (Å²) in [5.41, 5.74) is 1.15. The van der Waals surface area contributed by atoms with Gasteiger partial charge in [-0.25, -0.2) is 13.1 Å². The molecule has 0 aliphatic carbocycles. The van der Waals surface area contributed by atoms with E-state index in [2.05, 4.69) is 4.72 Å². The van der Waals surface area contributed by atoms with Gasteiger partial charge in [-0.1, -0.05) is 29.3 Å². The van der Waals surface area contributed by atoms with Gasteiger partial charge in [-0.05, 0) is 42.8 Å². The minimum Gasteiger partial charge on any atom is -0.497 e. The van der Waals surface area contributed by atoms with Gasteiger partial charge in [-0.15, -0.1) is 0 Å². The van der Waals surface area contributed by atoms with E-state index in [1.54, 1.807) is 44.4 Å². The van der Waals surface area contributed by atoms with E-state index in [1.807, 2.05) is 0 Å². The van der Waals surface area contributed by atoms with Gasteiger partial charge in [0.05, 0.1) is 20.0 Å². The Hall–Kier alpha value is -1.47. The molecule has 2 aromatic rings. The van der Waals surface area contributed by atoms with Crippen molar-refractivity contribution in [1.82, 2.24) is 4.72 Å². The molecule has 0 radical (unpaired) electrons. The maximum Gasteiger partial charge on any atom is 0.216 e. The molecule has 1 N–H and O–H groups in total. The summed E-state index contributed by atoms with van der Waals surface area (Å²) in [6.07, 6.45) is 0. The topological polar surface area (TPSA) is 64.6 Å². The van der Waals surface area contributed by atoms with Crippen LogP contribution in [-0.4, -0.2) is 22.6 Å². The maximum absolute atomic E-state index is 12.5. The van der Waals surface area contributed by atoms with Crippen molar-refractivity contribution >= 4 is 33.2 Å². The van der Waals surface area contributed by atoms with E-state index in [1.165, 1.54) is 13.2 Å². The minimum atomic E-state index is -3.64. The molecular weight excluding hydrogens is 385 g/mol. The Kier molecular flexibility index (Phi) is 6.57. The summed E-state index contributed by atoms with van der Waals surface area (Å²) in [6.45, 7) is 1.73. The zero-order valence-corrected chi connectivity index (χ0v) is 16.4.